The van der Waals surface area contributed by atoms with E-state index in [1.165, 1.54) is 26.0 Å². The largest absolute Gasteiger partial charge is 0.494 e. The van der Waals surface area contributed by atoms with Gasteiger partial charge in [0.1, 0.15) is 5.56 Å². The number of anilines is 1. The van der Waals surface area contributed by atoms with Gasteiger partial charge in [0.2, 0.25) is 11.8 Å². The Balaban J connectivity index is 2.07. The number of aromatic hydroxyl groups is 1. The molecule has 0 bridgehead atoms. The number of hydrazone groups is 1. The first-order chi connectivity index (χ1) is 13.1. The van der Waals surface area contributed by atoms with Crippen molar-refractivity contribution >= 4 is 17.3 Å². The average Bonchev–Trinajstić information content (AvgIpc) is 3.10. The molecule has 9 nitrogen and oxygen atoms in total. The lowest BCUT2D eigenvalue weighted by molar-refractivity contribution is -0.130. The molecule has 0 fully saturated rings. The van der Waals surface area contributed by atoms with Crippen LogP contribution in [0.15, 0.2) is 39.0 Å². The van der Waals surface area contributed by atoms with Gasteiger partial charge in [-0.2, -0.15) is 5.10 Å². The van der Waals surface area contributed by atoms with Crippen LogP contribution in [-0.2, 0) is 18.9 Å². The highest BCUT2D eigenvalue weighted by molar-refractivity contribution is 6.04. The van der Waals surface area contributed by atoms with Gasteiger partial charge in [0.15, 0.2) is 0 Å². The first kappa shape index (κ1) is 19.4. The van der Waals surface area contributed by atoms with Crippen molar-refractivity contribution in [3.05, 3.63) is 56.2 Å². The molecule has 2 aromatic rings. The van der Waals surface area contributed by atoms with Crippen molar-refractivity contribution < 1.29 is 9.90 Å². The van der Waals surface area contributed by atoms with Crippen LogP contribution < -0.4 is 16.1 Å². The quantitative estimate of drug-likeness (QED) is 0.832. The summed E-state index contributed by atoms with van der Waals surface area (Å²) < 4.78 is 1.89. The normalized spacial score (nSPS) is 16.2. The van der Waals surface area contributed by atoms with Crippen LogP contribution >= 0.6 is 0 Å². The number of rotatable bonds is 3. The number of hydrogen-bond acceptors (Lipinski definition) is 6. The van der Waals surface area contributed by atoms with Crippen molar-refractivity contribution in [3.8, 4) is 5.88 Å². The molecule has 0 aliphatic carbocycles. The Morgan fingerprint density at radius 2 is 1.75 bits per heavy atom. The number of carbonyl (C=O) groups excluding carboxylic acids is 1. The number of aromatic nitrogens is 2. The molecule has 0 saturated heterocycles. The molecule has 1 atom stereocenters. The molecule has 1 aromatic heterocycles. The smallest absolute Gasteiger partial charge is 0.333 e. The highest BCUT2D eigenvalue weighted by atomic mass is 16.3. The Bertz CT molecular complexity index is 1080. The molecule has 0 saturated carbocycles. The van der Waals surface area contributed by atoms with E-state index in [0.29, 0.717) is 0 Å². The second-order valence-corrected chi connectivity index (χ2v) is 7.02. The van der Waals surface area contributed by atoms with E-state index in [1.54, 1.807) is 0 Å². The fourth-order valence-electron chi connectivity index (χ4n) is 3.29. The van der Waals surface area contributed by atoms with E-state index < -0.39 is 23.2 Å². The summed E-state index contributed by atoms with van der Waals surface area (Å²) in [5.41, 5.74) is 0.798. The SMILES string of the molecule is CC(=O)N1N=C(c2c(O)n(C)c(=O)n(C)c2=O)C[C@@H]1c1ccc(N(C)C)cc1. The summed E-state index contributed by atoms with van der Waals surface area (Å²) >= 11 is 0. The summed E-state index contributed by atoms with van der Waals surface area (Å²) in [6.07, 6.45) is 0.252. The number of hydrogen-bond donors (Lipinski definition) is 1. The van der Waals surface area contributed by atoms with E-state index in [2.05, 4.69) is 5.10 Å². The molecule has 1 N–H and O–H groups in total. The van der Waals surface area contributed by atoms with Gasteiger partial charge in [-0.15, -0.1) is 0 Å². The zero-order valence-corrected chi connectivity index (χ0v) is 16.5. The van der Waals surface area contributed by atoms with Crippen molar-refractivity contribution in [2.45, 2.75) is 19.4 Å². The molecule has 1 aromatic carbocycles. The Hall–Kier alpha value is -3.36. The number of benzene rings is 1. The molecule has 3 rings (SSSR count). The van der Waals surface area contributed by atoms with Gasteiger partial charge in [-0.25, -0.2) is 9.80 Å². The molecule has 28 heavy (non-hydrogen) atoms. The van der Waals surface area contributed by atoms with E-state index >= 15 is 0 Å². The Kier molecular flexibility index (Phi) is 4.84. The zero-order valence-electron chi connectivity index (χ0n) is 16.5. The van der Waals surface area contributed by atoms with Gasteiger partial charge in [-0.3, -0.25) is 18.7 Å². The van der Waals surface area contributed by atoms with Gasteiger partial charge in [-0.05, 0) is 17.7 Å². The molecular formula is C19H23N5O4. The van der Waals surface area contributed by atoms with Crippen LogP contribution in [0.3, 0.4) is 0 Å². The monoisotopic (exact) mass is 385 g/mol. The predicted molar refractivity (Wildman–Crippen MR) is 106 cm³/mol. The Labute approximate surface area is 161 Å². The standard InChI is InChI=1S/C19H23N5O4/c1-11(25)24-15(12-6-8-13(9-7-12)21(2)3)10-14(20-24)16-17(26)22(4)19(28)23(5)18(16)27/h6-9,15,26H,10H2,1-5H3/t15-/m1/s1. The third-order valence-corrected chi connectivity index (χ3v) is 4.95. The predicted octanol–water partition coefficient (Wildman–Crippen LogP) is 0.553. The van der Waals surface area contributed by atoms with E-state index in [0.717, 1.165) is 20.4 Å². The van der Waals surface area contributed by atoms with E-state index in [4.69, 9.17) is 0 Å². The fourth-order valence-corrected chi connectivity index (χ4v) is 3.29. The summed E-state index contributed by atoms with van der Waals surface area (Å²) in [7, 11) is 6.58. The second kappa shape index (κ2) is 6.99. The van der Waals surface area contributed by atoms with E-state index in [1.807, 2.05) is 43.3 Å². The molecule has 9 heteroatoms. The Morgan fingerprint density at radius 3 is 2.29 bits per heavy atom. The summed E-state index contributed by atoms with van der Waals surface area (Å²) in [5, 5.41) is 16.0. The van der Waals surface area contributed by atoms with Crippen molar-refractivity contribution in [1.29, 1.82) is 0 Å². The fraction of sp³-hybridized carbons (Fsp3) is 0.368. The van der Waals surface area contributed by atoms with Gasteiger partial charge < -0.3 is 10.0 Å². The molecule has 1 aliphatic heterocycles. The van der Waals surface area contributed by atoms with Crippen molar-refractivity contribution in [2.24, 2.45) is 19.2 Å². The van der Waals surface area contributed by atoms with Crippen LogP contribution in [-0.4, -0.2) is 45.0 Å². The van der Waals surface area contributed by atoms with Crippen LogP contribution in [0, 0.1) is 0 Å². The van der Waals surface area contributed by atoms with Gasteiger partial charge in [0, 0.05) is 47.2 Å². The lowest BCUT2D eigenvalue weighted by Gasteiger charge is -2.21. The molecular weight excluding hydrogens is 362 g/mol. The molecule has 0 spiro atoms. The van der Waals surface area contributed by atoms with Crippen LogP contribution in [0.1, 0.15) is 30.5 Å². The summed E-state index contributed by atoms with van der Waals surface area (Å²) in [6.45, 7) is 1.40. The molecule has 2 heterocycles. The van der Waals surface area contributed by atoms with E-state index in [9.17, 15) is 19.5 Å². The van der Waals surface area contributed by atoms with Crippen LogP contribution in [0.25, 0.3) is 0 Å². The molecule has 0 unspecified atom stereocenters. The van der Waals surface area contributed by atoms with E-state index in [-0.39, 0.29) is 23.6 Å². The first-order valence-electron chi connectivity index (χ1n) is 8.77. The number of carbonyl (C=O) groups is 1. The molecule has 148 valence electrons. The molecule has 0 radical (unpaired) electrons. The zero-order chi connectivity index (χ0) is 20.7. The number of amides is 1. The van der Waals surface area contributed by atoms with Gasteiger partial charge in [-0.1, -0.05) is 12.1 Å². The van der Waals surface area contributed by atoms with Crippen LogP contribution in [0.4, 0.5) is 5.69 Å². The van der Waals surface area contributed by atoms with Gasteiger partial charge in [0.05, 0.1) is 11.8 Å². The lowest BCUT2D eigenvalue weighted by Crippen LogP contribution is -2.39. The third-order valence-electron chi connectivity index (χ3n) is 4.95. The summed E-state index contributed by atoms with van der Waals surface area (Å²) in [6, 6.07) is 7.30. The number of nitrogens with zero attached hydrogens (tertiary/aromatic N) is 5. The highest BCUT2D eigenvalue weighted by Gasteiger charge is 2.34. The lowest BCUT2D eigenvalue weighted by atomic mass is 9.99. The van der Waals surface area contributed by atoms with Crippen molar-refractivity contribution in [2.75, 3.05) is 19.0 Å². The van der Waals surface area contributed by atoms with Gasteiger partial charge in [0.25, 0.3) is 5.56 Å². The van der Waals surface area contributed by atoms with Crippen LogP contribution in [0.2, 0.25) is 0 Å². The van der Waals surface area contributed by atoms with Crippen molar-refractivity contribution in [1.82, 2.24) is 14.1 Å². The maximum Gasteiger partial charge on any atom is 0.333 e. The highest BCUT2D eigenvalue weighted by Crippen LogP contribution is 2.34. The minimum absolute atomic E-state index is 0.0664. The Morgan fingerprint density at radius 1 is 1.14 bits per heavy atom. The maximum atomic E-state index is 12.6. The first-order valence-corrected chi connectivity index (χ1v) is 8.77. The summed E-state index contributed by atoms with van der Waals surface area (Å²) in [4.78, 5) is 38.7. The molecule has 1 aliphatic rings. The maximum absolute atomic E-state index is 12.6. The molecule has 1 amide bonds. The third kappa shape index (κ3) is 3.08. The minimum atomic E-state index is -0.647. The topological polar surface area (TPSA) is 100 Å². The van der Waals surface area contributed by atoms with Crippen molar-refractivity contribution in [3.63, 3.8) is 0 Å². The van der Waals surface area contributed by atoms with Crippen LogP contribution in [0.5, 0.6) is 5.88 Å². The van der Waals surface area contributed by atoms with Gasteiger partial charge >= 0.3 is 5.69 Å². The summed E-state index contributed by atoms with van der Waals surface area (Å²) in [5.74, 6) is -0.739. The second-order valence-electron chi connectivity index (χ2n) is 7.02. The average molecular weight is 385 g/mol. The minimum Gasteiger partial charge on any atom is -0.494 e.